The zero-order valence-electron chi connectivity index (χ0n) is 17.7. The lowest BCUT2D eigenvalue weighted by atomic mass is 10.2. The van der Waals surface area contributed by atoms with Crippen LogP contribution in [0.15, 0.2) is 78.4 Å². The maximum Gasteiger partial charge on any atom is 0.230 e. The molecule has 1 N–H and O–H groups in total. The highest BCUT2D eigenvalue weighted by Crippen LogP contribution is 2.31. The molecule has 0 radical (unpaired) electrons. The molecule has 0 fully saturated rings. The van der Waals surface area contributed by atoms with Gasteiger partial charge in [-0.15, -0.1) is 11.3 Å². The third-order valence-corrected chi connectivity index (χ3v) is 5.63. The Bertz CT molecular complexity index is 1160. The largest absolute Gasteiger partial charge is 0.493 e. The summed E-state index contributed by atoms with van der Waals surface area (Å²) >= 11 is 1.57. The number of anilines is 1. The van der Waals surface area contributed by atoms with Gasteiger partial charge in [0, 0.05) is 35.9 Å². The number of carbonyl (C=O) groups excluding carboxylic acids is 1. The predicted octanol–water partition coefficient (Wildman–Crippen LogP) is 4.90. The molecular formula is C25H23N3O3S. The summed E-state index contributed by atoms with van der Waals surface area (Å²) in [5.74, 6) is 1.02. The number of aromatic nitrogens is 2. The number of methoxy groups -OCH3 is 1. The number of hydrogen-bond donors (Lipinski definition) is 1. The fourth-order valence-corrected chi connectivity index (χ4v) is 3.99. The molecule has 4 rings (SSSR count). The minimum atomic E-state index is -0.133. The molecule has 32 heavy (non-hydrogen) atoms. The van der Waals surface area contributed by atoms with E-state index in [-0.39, 0.29) is 12.3 Å². The average Bonchev–Trinajstić information content (AvgIpc) is 3.25. The second-order valence-electron chi connectivity index (χ2n) is 7.13. The van der Waals surface area contributed by atoms with Gasteiger partial charge in [0.15, 0.2) is 11.5 Å². The first-order valence-electron chi connectivity index (χ1n) is 10.2. The van der Waals surface area contributed by atoms with Crippen LogP contribution in [-0.2, 0) is 24.2 Å². The SMILES string of the molecule is COc1ccc(NC(=O)Cc2csc(Cc3ccccc3)n2)cc1OCc1ccncc1. The van der Waals surface area contributed by atoms with E-state index in [2.05, 4.69) is 27.4 Å². The Hall–Kier alpha value is -3.71. The third kappa shape index (κ3) is 5.92. The molecule has 0 spiro atoms. The predicted molar refractivity (Wildman–Crippen MR) is 125 cm³/mol. The van der Waals surface area contributed by atoms with Crippen LogP contribution in [0.2, 0.25) is 0 Å². The molecule has 6 nitrogen and oxygen atoms in total. The molecule has 2 heterocycles. The van der Waals surface area contributed by atoms with Crippen LogP contribution < -0.4 is 14.8 Å². The summed E-state index contributed by atoms with van der Waals surface area (Å²) in [5.41, 5.74) is 3.60. The van der Waals surface area contributed by atoms with Gasteiger partial charge >= 0.3 is 0 Å². The molecular weight excluding hydrogens is 422 g/mol. The number of amides is 1. The Kier molecular flexibility index (Phi) is 7.09. The van der Waals surface area contributed by atoms with Crippen LogP contribution in [0.1, 0.15) is 21.8 Å². The number of pyridine rings is 1. The normalized spacial score (nSPS) is 10.5. The van der Waals surface area contributed by atoms with Crippen molar-refractivity contribution >= 4 is 22.9 Å². The molecule has 0 unspecified atom stereocenters. The van der Waals surface area contributed by atoms with Crippen molar-refractivity contribution < 1.29 is 14.3 Å². The smallest absolute Gasteiger partial charge is 0.230 e. The van der Waals surface area contributed by atoms with E-state index in [1.54, 1.807) is 49.0 Å². The number of rotatable bonds is 9. The van der Waals surface area contributed by atoms with Crippen molar-refractivity contribution in [2.24, 2.45) is 0 Å². The standard InChI is InChI=1S/C25H23N3O3S/c1-30-22-8-7-20(14-23(22)31-16-19-9-11-26-12-10-19)27-24(29)15-21-17-32-25(28-21)13-18-5-3-2-4-6-18/h2-12,14,17H,13,15-16H2,1H3,(H,27,29). The fraction of sp³-hybridized carbons (Fsp3) is 0.160. The Morgan fingerprint density at radius 3 is 2.59 bits per heavy atom. The summed E-state index contributed by atoms with van der Waals surface area (Å²) in [5, 5.41) is 5.85. The summed E-state index contributed by atoms with van der Waals surface area (Å²) in [6.07, 6.45) is 4.42. The lowest BCUT2D eigenvalue weighted by molar-refractivity contribution is -0.115. The summed E-state index contributed by atoms with van der Waals surface area (Å²) < 4.78 is 11.3. The van der Waals surface area contributed by atoms with Gasteiger partial charge < -0.3 is 14.8 Å². The van der Waals surface area contributed by atoms with Crippen molar-refractivity contribution in [3.05, 3.63) is 100 Å². The van der Waals surface area contributed by atoms with Crippen molar-refractivity contribution in [2.75, 3.05) is 12.4 Å². The molecule has 0 bridgehead atoms. The maximum absolute atomic E-state index is 12.6. The fourth-order valence-electron chi connectivity index (χ4n) is 3.16. The Balaban J connectivity index is 1.36. The monoisotopic (exact) mass is 445 g/mol. The topological polar surface area (TPSA) is 73.3 Å². The highest BCUT2D eigenvalue weighted by molar-refractivity contribution is 7.09. The summed E-state index contributed by atoms with van der Waals surface area (Å²) in [7, 11) is 1.59. The van der Waals surface area contributed by atoms with E-state index in [0.717, 1.165) is 22.7 Å². The molecule has 0 aliphatic rings. The minimum Gasteiger partial charge on any atom is -0.493 e. The van der Waals surface area contributed by atoms with Gasteiger partial charge in [0.1, 0.15) is 6.61 Å². The molecule has 7 heteroatoms. The van der Waals surface area contributed by atoms with Gasteiger partial charge in [-0.05, 0) is 35.4 Å². The number of carbonyl (C=O) groups is 1. The van der Waals surface area contributed by atoms with Crippen LogP contribution in [-0.4, -0.2) is 23.0 Å². The average molecular weight is 446 g/mol. The van der Waals surface area contributed by atoms with Gasteiger partial charge in [-0.25, -0.2) is 4.98 Å². The molecule has 2 aromatic heterocycles. The minimum absolute atomic E-state index is 0.133. The van der Waals surface area contributed by atoms with Crippen LogP contribution in [0.25, 0.3) is 0 Å². The van der Waals surface area contributed by atoms with E-state index < -0.39 is 0 Å². The van der Waals surface area contributed by atoms with Crippen molar-refractivity contribution in [2.45, 2.75) is 19.4 Å². The number of benzene rings is 2. The summed E-state index contributed by atoms with van der Waals surface area (Å²) in [4.78, 5) is 21.2. The van der Waals surface area contributed by atoms with Gasteiger partial charge in [0.2, 0.25) is 5.91 Å². The quantitative estimate of drug-likeness (QED) is 0.397. The molecule has 0 saturated heterocycles. The Labute approximate surface area is 190 Å². The molecule has 162 valence electrons. The molecule has 1 amide bonds. The number of nitrogens with one attached hydrogen (secondary N) is 1. The van der Waals surface area contributed by atoms with Crippen LogP contribution in [0, 0.1) is 0 Å². The number of hydrogen-bond acceptors (Lipinski definition) is 6. The zero-order valence-corrected chi connectivity index (χ0v) is 18.5. The van der Waals surface area contributed by atoms with Crippen molar-refractivity contribution in [3.8, 4) is 11.5 Å². The van der Waals surface area contributed by atoms with E-state index in [0.29, 0.717) is 23.8 Å². The highest BCUT2D eigenvalue weighted by Gasteiger charge is 2.11. The van der Waals surface area contributed by atoms with Gasteiger partial charge in [0.25, 0.3) is 0 Å². The highest BCUT2D eigenvalue weighted by atomic mass is 32.1. The van der Waals surface area contributed by atoms with Gasteiger partial charge in [-0.2, -0.15) is 0 Å². The first-order valence-corrected chi connectivity index (χ1v) is 11.0. The number of nitrogens with zero attached hydrogens (tertiary/aromatic N) is 2. The van der Waals surface area contributed by atoms with E-state index in [9.17, 15) is 4.79 Å². The summed E-state index contributed by atoms with van der Waals surface area (Å²) in [6, 6.07) is 19.3. The molecule has 0 saturated carbocycles. The Morgan fingerprint density at radius 1 is 1.00 bits per heavy atom. The molecule has 0 aliphatic heterocycles. The van der Waals surface area contributed by atoms with Crippen LogP contribution >= 0.6 is 11.3 Å². The first kappa shape index (κ1) is 21.5. The Morgan fingerprint density at radius 2 is 1.81 bits per heavy atom. The molecule has 0 aliphatic carbocycles. The first-order chi connectivity index (χ1) is 15.7. The molecule has 0 atom stereocenters. The van der Waals surface area contributed by atoms with Crippen LogP contribution in [0.4, 0.5) is 5.69 Å². The van der Waals surface area contributed by atoms with Crippen molar-refractivity contribution in [1.82, 2.24) is 9.97 Å². The van der Waals surface area contributed by atoms with E-state index in [4.69, 9.17) is 9.47 Å². The van der Waals surface area contributed by atoms with Gasteiger partial charge in [0.05, 0.1) is 24.2 Å². The maximum atomic E-state index is 12.6. The lowest BCUT2D eigenvalue weighted by Crippen LogP contribution is -2.14. The summed E-state index contributed by atoms with van der Waals surface area (Å²) in [6.45, 7) is 0.374. The second kappa shape index (κ2) is 10.5. The zero-order chi connectivity index (χ0) is 22.2. The van der Waals surface area contributed by atoms with Crippen molar-refractivity contribution in [1.29, 1.82) is 0 Å². The van der Waals surface area contributed by atoms with E-state index in [1.165, 1.54) is 5.56 Å². The number of thiazole rings is 1. The van der Waals surface area contributed by atoms with Gasteiger partial charge in [-0.1, -0.05) is 30.3 Å². The van der Waals surface area contributed by atoms with Gasteiger partial charge in [-0.3, -0.25) is 9.78 Å². The second-order valence-corrected chi connectivity index (χ2v) is 8.07. The molecule has 2 aromatic carbocycles. The lowest BCUT2D eigenvalue weighted by Gasteiger charge is -2.13. The third-order valence-electron chi connectivity index (χ3n) is 4.73. The molecule has 4 aromatic rings. The van der Waals surface area contributed by atoms with Crippen molar-refractivity contribution in [3.63, 3.8) is 0 Å². The number of ether oxygens (including phenoxy) is 2. The van der Waals surface area contributed by atoms with E-state index in [1.807, 2.05) is 35.7 Å². The van der Waals surface area contributed by atoms with Crippen LogP contribution in [0.3, 0.4) is 0 Å². The van der Waals surface area contributed by atoms with Crippen LogP contribution in [0.5, 0.6) is 11.5 Å². The van der Waals surface area contributed by atoms with E-state index >= 15 is 0 Å².